The summed E-state index contributed by atoms with van der Waals surface area (Å²) in [5.41, 5.74) is 2.01. The number of benzene rings is 2. The monoisotopic (exact) mass is 473 g/mol. The summed E-state index contributed by atoms with van der Waals surface area (Å²) in [5.74, 6) is -0.712. The van der Waals surface area contributed by atoms with E-state index in [4.69, 9.17) is 0 Å². The molecule has 1 atom stereocenters. The van der Waals surface area contributed by atoms with Gasteiger partial charge in [-0.2, -0.15) is 0 Å². The number of nitrogens with one attached hydrogen (secondary N) is 2. The smallest absolute Gasteiger partial charge is 0.252 e. The van der Waals surface area contributed by atoms with Gasteiger partial charge in [0.25, 0.3) is 5.91 Å². The fourth-order valence-corrected chi connectivity index (χ4v) is 3.45. The molecule has 7 heteroatoms. The number of aryl methyl sites for hydroxylation is 1. The van der Waals surface area contributed by atoms with E-state index < -0.39 is 6.04 Å². The zero-order chi connectivity index (χ0) is 22.3. The minimum atomic E-state index is -0.710. The topological polar surface area (TPSA) is 78.5 Å². The molecule has 0 radical (unpaired) electrons. The van der Waals surface area contributed by atoms with Gasteiger partial charge in [-0.3, -0.25) is 14.4 Å². The molecule has 0 bridgehead atoms. The number of hydrogen-bond acceptors (Lipinski definition) is 3. The second-order valence-electron chi connectivity index (χ2n) is 7.69. The van der Waals surface area contributed by atoms with Crippen LogP contribution in [0.2, 0.25) is 0 Å². The van der Waals surface area contributed by atoms with Gasteiger partial charge in [0.1, 0.15) is 6.04 Å². The number of amides is 3. The first-order valence-electron chi connectivity index (χ1n) is 9.85. The average Bonchev–Trinajstić information content (AvgIpc) is 2.68. The molecule has 2 N–H and O–H groups in total. The van der Waals surface area contributed by atoms with E-state index in [2.05, 4.69) is 26.6 Å². The molecule has 160 valence electrons. The molecular formula is C23H28BrN3O3. The van der Waals surface area contributed by atoms with E-state index >= 15 is 0 Å². The second kappa shape index (κ2) is 10.9. The van der Waals surface area contributed by atoms with Crippen LogP contribution in [0.1, 0.15) is 36.2 Å². The van der Waals surface area contributed by atoms with Gasteiger partial charge in [-0.25, -0.2) is 0 Å². The molecule has 0 heterocycles. The average molecular weight is 474 g/mol. The Morgan fingerprint density at radius 2 is 1.67 bits per heavy atom. The van der Waals surface area contributed by atoms with Crippen molar-refractivity contribution >= 4 is 39.3 Å². The van der Waals surface area contributed by atoms with Crippen molar-refractivity contribution in [2.75, 3.05) is 18.9 Å². The van der Waals surface area contributed by atoms with Crippen molar-refractivity contribution in [1.29, 1.82) is 0 Å². The standard InChI is InChI=1S/C23H28BrN3O3/c1-15(2)13-20(26-22(29)17-10-6-5-9-16(17)3)23(30)27(4)14-21(28)25-19-12-8-7-11-18(19)24/h5-12,15,20H,13-14H2,1-4H3,(H,25,28)(H,26,29). The normalized spacial score (nSPS) is 11.7. The summed E-state index contributed by atoms with van der Waals surface area (Å²) in [4.78, 5) is 39.5. The Morgan fingerprint density at radius 3 is 2.30 bits per heavy atom. The van der Waals surface area contributed by atoms with Gasteiger partial charge < -0.3 is 15.5 Å². The predicted octanol–water partition coefficient (Wildman–Crippen LogP) is 4.00. The van der Waals surface area contributed by atoms with Gasteiger partial charge in [-0.15, -0.1) is 0 Å². The molecule has 2 aromatic carbocycles. The molecule has 0 saturated carbocycles. The number of halogens is 1. The molecule has 2 aromatic rings. The van der Waals surface area contributed by atoms with Crippen LogP contribution >= 0.6 is 15.9 Å². The summed E-state index contributed by atoms with van der Waals surface area (Å²) in [6.45, 7) is 5.71. The van der Waals surface area contributed by atoms with E-state index in [-0.39, 0.29) is 30.2 Å². The van der Waals surface area contributed by atoms with E-state index in [1.165, 1.54) is 4.90 Å². The fourth-order valence-electron chi connectivity index (χ4n) is 3.07. The highest BCUT2D eigenvalue weighted by atomic mass is 79.9. The summed E-state index contributed by atoms with van der Waals surface area (Å²) in [7, 11) is 1.56. The Hall–Kier alpha value is -2.67. The SMILES string of the molecule is Cc1ccccc1C(=O)NC(CC(C)C)C(=O)N(C)CC(=O)Nc1ccccc1Br. The van der Waals surface area contributed by atoms with Crippen molar-refractivity contribution in [3.63, 3.8) is 0 Å². The molecule has 3 amide bonds. The zero-order valence-electron chi connectivity index (χ0n) is 17.7. The molecular weight excluding hydrogens is 446 g/mol. The van der Waals surface area contributed by atoms with Gasteiger partial charge in [0.05, 0.1) is 12.2 Å². The first-order valence-corrected chi connectivity index (χ1v) is 10.6. The summed E-state index contributed by atoms with van der Waals surface area (Å²) in [5, 5.41) is 5.63. The Bertz CT molecular complexity index is 914. The van der Waals surface area contributed by atoms with Crippen molar-refractivity contribution in [3.8, 4) is 0 Å². The number of carbonyl (C=O) groups is 3. The third-order valence-electron chi connectivity index (χ3n) is 4.61. The molecule has 2 rings (SSSR count). The lowest BCUT2D eigenvalue weighted by Crippen LogP contribution is -2.49. The van der Waals surface area contributed by atoms with Crippen LogP contribution in [-0.2, 0) is 9.59 Å². The van der Waals surface area contributed by atoms with Crippen molar-refractivity contribution < 1.29 is 14.4 Å². The molecule has 30 heavy (non-hydrogen) atoms. The predicted molar refractivity (Wildman–Crippen MR) is 122 cm³/mol. The maximum Gasteiger partial charge on any atom is 0.252 e. The highest BCUT2D eigenvalue weighted by Crippen LogP contribution is 2.21. The zero-order valence-corrected chi connectivity index (χ0v) is 19.3. The number of rotatable bonds is 8. The molecule has 0 saturated heterocycles. The molecule has 6 nitrogen and oxygen atoms in total. The van der Waals surface area contributed by atoms with Crippen LogP contribution in [0, 0.1) is 12.8 Å². The maximum atomic E-state index is 13.0. The van der Waals surface area contributed by atoms with Gasteiger partial charge in [0.2, 0.25) is 11.8 Å². The minimum absolute atomic E-state index is 0.116. The minimum Gasteiger partial charge on any atom is -0.340 e. The van der Waals surface area contributed by atoms with E-state index in [9.17, 15) is 14.4 Å². The van der Waals surface area contributed by atoms with Gasteiger partial charge >= 0.3 is 0 Å². The fraction of sp³-hybridized carbons (Fsp3) is 0.348. The van der Waals surface area contributed by atoms with Crippen LogP contribution in [0.15, 0.2) is 53.0 Å². The van der Waals surface area contributed by atoms with Crippen LogP contribution in [0.25, 0.3) is 0 Å². The molecule has 0 aromatic heterocycles. The Balaban J connectivity index is 2.06. The van der Waals surface area contributed by atoms with Gasteiger partial charge in [-0.05, 0) is 59.0 Å². The van der Waals surface area contributed by atoms with Crippen LogP contribution in [-0.4, -0.2) is 42.3 Å². The van der Waals surface area contributed by atoms with Crippen LogP contribution < -0.4 is 10.6 Å². The van der Waals surface area contributed by atoms with Gasteiger partial charge in [-0.1, -0.05) is 44.2 Å². The van der Waals surface area contributed by atoms with E-state index in [1.807, 2.05) is 51.1 Å². The van der Waals surface area contributed by atoms with Crippen LogP contribution in [0.4, 0.5) is 5.69 Å². The quantitative estimate of drug-likeness (QED) is 0.607. The van der Waals surface area contributed by atoms with Crippen molar-refractivity contribution in [2.45, 2.75) is 33.2 Å². The van der Waals surface area contributed by atoms with Crippen molar-refractivity contribution in [3.05, 3.63) is 64.1 Å². The number of para-hydroxylation sites is 1. The number of nitrogens with zero attached hydrogens (tertiary/aromatic N) is 1. The van der Waals surface area contributed by atoms with Crippen LogP contribution in [0.5, 0.6) is 0 Å². The van der Waals surface area contributed by atoms with Crippen LogP contribution in [0.3, 0.4) is 0 Å². The summed E-state index contributed by atoms with van der Waals surface area (Å²) in [6.07, 6.45) is 0.479. The molecule has 0 aliphatic rings. The highest BCUT2D eigenvalue weighted by molar-refractivity contribution is 9.10. The molecule has 0 spiro atoms. The summed E-state index contributed by atoms with van der Waals surface area (Å²) < 4.78 is 0.760. The molecule has 0 aliphatic carbocycles. The number of hydrogen-bond donors (Lipinski definition) is 2. The largest absolute Gasteiger partial charge is 0.340 e. The summed E-state index contributed by atoms with van der Waals surface area (Å²) >= 11 is 3.38. The van der Waals surface area contributed by atoms with Gasteiger partial charge in [0.15, 0.2) is 0 Å². The Kier molecular flexibility index (Phi) is 8.59. The lowest BCUT2D eigenvalue weighted by molar-refractivity contribution is -0.135. The number of carbonyl (C=O) groups excluding carboxylic acids is 3. The van der Waals surface area contributed by atoms with E-state index in [0.29, 0.717) is 17.7 Å². The first-order chi connectivity index (χ1) is 14.2. The molecule has 0 fully saturated rings. The lowest BCUT2D eigenvalue weighted by Gasteiger charge is -2.26. The number of anilines is 1. The summed E-state index contributed by atoms with van der Waals surface area (Å²) in [6, 6.07) is 13.8. The molecule has 0 aliphatic heterocycles. The third-order valence-corrected chi connectivity index (χ3v) is 5.30. The molecule has 1 unspecified atom stereocenters. The Morgan fingerprint density at radius 1 is 1.03 bits per heavy atom. The number of likely N-dealkylation sites (N-methyl/N-ethyl adjacent to an activating group) is 1. The third kappa shape index (κ3) is 6.69. The first kappa shape index (κ1) is 23.6. The van der Waals surface area contributed by atoms with E-state index in [1.54, 1.807) is 25.2 Å². The van der Waals surface area contributed by atoms with Crippen molar-refractivity contribution in [2.24, 2.45) is 5.92 Å². The Labute approximate surface area is 186 Å². The maximum absolute atomic E-state index is 13.0. The van der Waals surface area contributed by atoms with Crippen molar-refractivity contribution in [1.82, 2.24) is 10.2 Å². The lowest BCUT2D eigenvalue weighted by atomic mass is 10.0. The van der Waals surface area contributed by atoms with Gasteiger partial charge in [0, 0.05) is 17.1 Å². The highest BCUT2D eigenvalue weighted by Gasteiger charge is 2.27. The second-order valence-corrected chi connectivity index (χ2v) is 8.55. The van der Waals surface area contributed by atoms with E-state index in [0.717, 1.165) is 10.0 Å².